The zero-order valence-electron chi connectivity index (χ0n) is 9.40. The molecular formula is C13H16O3. The van der Waals surface area contributed by atoms with Crippen LogP contribution < -0.4 is 0 Å². The van der Waals surface area contributed by atoms with E-state index in [2.05, 4.69) is 6.92 Å². The molecule has 0 atom stereocenters. The van der Waals surface area contributed by atoms with Gasteiger partial charge in [0.2, 0.25) is 5.78 Å². The Morgan fingerprint density at radius 3 is 2.38 bits per heavy atom. The van der Waals surface area contributed by atoms with Crippen LogP contribution in [0.4, 0.5) is 0 Å². The molecule has 0 saturated carbocycles. The molecule has 86 valence electrons. The van der Waals surface area contributed by atoms with E-state index < -0.39 is 11.8 Å². The van der Waals surface area contributed by atoms with E-state index in [4.69, 9.17) is 5.11 Å². The minimum atomic E-state index is -1.36. The first kappa shape index (κ1) is 12.4. The lowest BCUT2D eigenvalue weighted by Gasteiger charge is -2.06. The molecule has 0 radical (unpaired) electrons. The SMILES string of the molecule is CCCCc1ccccc1CC(=O)C(=O)O. The first-order valence-corrected chi connectivity index (χ1v) is 5.48. The minimum Gasteiger partial charge on any atom is -0.475 e. The molecular weight excluding hydrogens is 204 g/mol. The van der Waals surface area contributed by atoms with E-state index in [0.29, 0.717) is 0 Å². The molecule has 3 heteroatoms. The van der Waals surface area contributed by atoms with Crippen molar-refractivity contribution in [3.05, 3.63) is 35.4 Å². The van der Waals surface area contributed by atoms with E-state index in [0.717, 1.165) is 30.4 Å². The maximum absolute atomic E-state index is 11.1. The predicted molar refractivity (Wildman–Crippen MR) is 61.4 cm³/mol. The standard InChI is InChI=1S/C13H16O3/c1-2-3-6-10-7-4-5-8-11(10)9-12(14)13(15)16/h4-5,7-8H,2-3,6,9H2,1H3,(H,15,16). The normalized spacial score (nSPS) is 10.1. The van der Waals surface area contributed by atoms with Crippen LogP contribution in [0.25, 0.3) is 0 Å². The van der Waals surface area contributed by atoms with Gasteiger partial charge in [0, 0.05) is 6.42 Å². The van der Waals surface area contributed by atoms with Crippen molar-refractivity contribution in [1.29, 1.82) is 0 Å². The third kappa shape index (κ3) is 3.50. The molecule has 0 unspecified atom stereocenters. The number of aryl methyl sites for hydroxylation is 1. The highest BCUT2D eigenvalue weighted by Gasteiger charge is 2.13. The number of rotatable bonds is 6. The topological polar surface area (TPSA) is 54.4 Å². The summed E-state index contributed by atoms with van der Waals surface area (Å²) in [6.45, 7) is 2.10. The highest BCUT2D eigenvalue weighted by molar-refractivity contribution is 6.33. The summed E-state index contributed by atoms with van der Waals surface area (Å²) < 4.78 is 0. The number of carbonyl (C=O) groups is 2. The fourth-order valence-corrected chi connectivity index (χ4v) is 1.59. The van der Waals surface area contributed by atoms with Crippen molar-refractivity contribution in [2.24, 2.45) is 0 Å². The number of hydrogen-bond donors (Lipinski definition) is 1. The van der Waals surface area contributed by atoms with E-state index in [1.54, 1.807) is 0 Å². The van der Waals surface area contributed by atoms with Gasteiger partial charge in [-0.2, -0.15) is 0 Å². The highest BCUT2D eigenvalue weighted by Crippen LogP contribution is 2.13. The summed E-state index contributed by atoms with van der Waals surface area (Å²) in [5, 5.41) is 8.56. The van der Waals surface area contributed by atoms with Crippen molar-refractivity contribution in [2.45, 2.75) is 32.6 Å². The third-order valence-corrected chi connectivity index (χ3v) is 2.51. The molecule has 1 N–H and O–H groups in total. The number of carboxylic acid groups (broad SMARTS) is 1. The van der Waals surface area contributed by atoms with Crippen LogP contribution in [0, 0.1) is 0 Å². The van der Waals surface area contributed by atoms with Crippen LogP contribution >= 0.6 is 0 Å². The monoisotopic (exact) mass is 220 g/mol. The van der Waals surface area contributed by atoms with E-state index in [-0.39, 0.29) is 6.42 Å². The van der Waals surface area contributed by atoms with E-state index in [1.807, 2.05) is 24.3 Å². The van der Waals surface area contributed by atoms with Crippen LogP contribution in [-0.4, -0.2) is 16.9 Å². The fraction of sp³-hybridized carbons (Fsp3) is 0.385. The first-order valence-electron chi connectivity index (χ1n) is 5.48. The lowest BCUT2D eigenvalue weighted by Crippen LogP contribution is -2.16. The van der Waals surface area contributed by atoms with Crippen molar-refractivity contribution in [1.82, 2.24) is 0 Å². The average Bonchev–Trinajstić information content (AvgIpc) is 2.27. The summed E-state index contributed by atoms with van der Waals surface area (Å²) in [5.74, 6) is -2.10. The van der Waals surface area contributed by atoms with Crippen molar-refractivity contribution in [3.8, 4) is 0 Å². The summed E-state index contributed by atoms with van der Waals surface area (Å²) in [4.78, 5) is 21.6. The summed E-state index contributed by atoms with van der Waals surface area (Å²) in [6, 6.07) is 7.53. The number of aliphatic carboxylic acids is 1. The van der Waals surface area contributed by atoms with Crippen LogP contribution in [0.3, 0.4) is 0 Å². The lowest BCUT2D eigenvalue weighted by molar-refractivity contribution is -0.148. The van der Waals surface area contributed by atoms with Crippen molar-refractivity contribution >= 4 is 11.8 Å². The molecule has 3 nitrogen and oxygen atoms in total. The third-order valence-electron chi connectivity index (χ3n) is 2.51. The molecule has 16 heavy (non-hydrogen) atoms. The predicted octanol–water partition coefficient (Wildman–Crippen LogP) is 2.23. The Kier molecular flexibility index (Phi) is 4.70. The fourth-order valence-electron chi connectivity index (χ4n) is 1.59. The van der Waals surface area contributed by atoms with Gasteiger partial charge in [-0.1, -0.05) is 37.6 Å². The number of carboxylic acids is 1. The highest BCUT2D eigenvalue weighted by atomic mass is 16.4. The number of Topliss-reactive ketones (excluding diaryl/α,β-unsaturated/α-hetero) is 1. The summed E-state index contributed by atoms with van der Waals surface area (Å²) in [5.41, 5.74) is 1.92. The van der Waals surface area contributed by atoms with Crippen molar-refractivity contribution in [3.63, 3.8) is 0 Å². The van der Waals surface area contributed by atoms with Crippen LogP contribution in [0.2, 0.25) is 0 Å². The second-order valence-electron chi connectivity index (χ2n) is 3.78. The molecule has 0 amide bonds. The largest absolute Gasteiger partial charge is 0.475 e. The Bertz CT molecular complexity index is 383. The van der Waals surface area contributed by atoms with Crippen LogP contribution in [0.1, 0.15) is 30.9 Å². The first-order chi connectivity index (χ1) is 7.65. The van der Waals surface area contributed by atoms with E-state index in [9.17, 15) is 9.59 Å². The Morgan fingerprint density at radius 2 is 1.81 bits per heavy atom. The quantitative estimate of drug-likeness (QED) is 0.748. The maximum Gasteiger partial charge on any atom is 0.372 e. The molecule has 0 aliphatic heterocycles. The summed E-state index contributed by atoms with van der Waals surface area (Å²) in [6.07, 6.45) is 3.04. The summed E-state index contributed by atoms with van der Waals surface area (Å²) in [7, 11) is 0. The zero-order valence-corrected chi connectivity index (χ0v) is 9.40. The second kappa shape index (κ2) is 6.05. The van der Waals surface area contributed by atoms with Crippen LogP contribution in [-0.2, 0) is 22.4 Å². The van der Waals surface area contributed by atoms with Gasteiger partial charge in [0.05, 0.1) is 0 Å². The number of carbonyl (C=O) groups excluding carboxylic acids is 1. The number of unbranched alkanes of at least 4 members (excludes halogenated alkanes) is 1. The Labute approximate surface area is 95.1 Å². The number of benzene rings is 1. The van der Waals surface area contributed by atoms with Gasteiger partial charge in [-0.15, -0.1) is 0 Å². The summed E-state index contributed by atoms with van der Waals surface area (Å²) >= 11 is 0. The Hall–Kier alpha value is -1.64. The lowest BCUT2D eigenvalue weighted by atomic mass is 9.98. The van der Waals surface area contributed by atoms with Gasteiger partial charge in [-0.25, -0.2) is 4.79 Å². The molecule has 0 aliphatic carbocycles. The molecule has 1 rings (SSSR count). The second-order valence-corrected chi connectivity index (χ2v) is 3.78. The molecule has 1 aromatic rings. The molecule has 0 saturated heterocycles. The van der Waals surface area contributed by atoms with Crippen LogP contribution in [0.5, 0.6) is 0 Å². The van der Waals surface area contributed by atoms with Gasteiger partial charge in [-0.05, 0) is 24.0 Å². The van der Waals surface area contributed by atoms with Gasteiger partial charge >= 0.3 is 5.97 Å². The molecule has 0 spiro atoms. The number of hydrogen-bond acceptors (Lipinski definition) is 2. The Morgan fingerprint density at radius 1 is 1.19 bits per heavy atom. The zero-order chi connectivity index (χ0) is 12.0. The molecule has 0 bridgehead atoms. The van der Waals surface area contributed by atoms with Crippen molar-refractivity contribution < 1.29 is 14.7 Å². The molecule has 0 heterocycles. The Balaban J connectivity index is 2.78. The molecule has 0 aromatic heterocycles. The smallest absolute Gasteiger partial charge is 0.372 e. The van der Waals surface area contributed by atoms with Gasteiger partial charge in [0.25, 0.3) is 0 Å². The molecule has 0 fully saturated rings. The minimum absolute atomic E-state index is 0.00474. The number of ketones is 1. The van der Waals surface area contributed by atoms with Gasteiger partial charge in [-0.3, -0.25) is 4.79 Å². The average molecular weight is 220 g/mol. The van der Waals surface area contributed by atoms with Gasteiger partial charge < -0.3 is 5.11 Å². The van der Waals surface area contributed by atoms with Crippen molar-refractivity contribution in [2.75, 3.05) is 0 Å². The molecule has 0 aliphatic rings. The van der Waals surface area contributed by atoms with Crippen LogP contribution in [0.15, 0.2) is 24.3 Å². The molecule has 1 aromatic carbocycles. The van der Waals surface area contributed by atoms with E-state index in [1.165, 1.54) is 0 Å². The maximum atomic E-state index is 11.1. The van der Waals surface area contributed by atoms with E-state index >= 15 is 0 Å². The van der Waals surface area contributed by atoms with Gasteiger partial charge in [0.15, 0.2) is 0 Å². The van der Waals surface area contributed by atoms with Gasteiger partial charge in [0.1, 0.15) is 0 Å².